The molecule has 0 aliphatic heterocycles. The summed E-state index contributed by atoms with van der Waals surface area (Å²) in [7, 11) is 1.54. The Bertz CT molecular complexity index is 2070. The number of esters is 1. The van der Waals surface area contributed by atoms with Gasteiger partial charge in [0.15, 0.2) is 0 Å². The highest BCUT2D eigenvalue weighted by atomic mass is 16.5. The molecule has 0 bridgehead atoms. The molecule has 0 saturated heterocycles. The summed E-state index contributed by atoms with van der Waals surface area (Å²) in [6.45, 7) is 2.42. The van der Waals surface area contributed by atoms with Gasteiger partial charge in [0.25, 0.3) is 0 Å². The minimum atomic E-state index is -1.000. The summed E-state index contributed by atoms with van der Waals surface area (Å²) in [6.07, 6.45) is 1.35. The molecule has 0 radical (unpaired) electrons. The number of benzene rings is 6. The molecule has 6 aromatic rings. The van der Waals surface area contributed by atoms with E-state index in [2.05, 4.69) is 153 Å². The first-order chi connectivity index (χ1) is 22.5. The van der Waals surface area contributed by atoms with E-state index in [0.29, 0.717) is 6.42 Å². The number of methoxy groups -OCH3 is 1. The second kappa shape index (κ2) is 9.64. The van der Waals surface area contributed by atoms with E-state index >= 15 is 0 Å². The number of hydrogen-bond donors (Lipinski definition) is 0. The van der Waals surface area contributed by atoms with Crippen molar-refractivity contribution in [1.29, 1.82) is 0 Å². The molecular weight excluding hydrogens is 560 g/mol. The Hall–Kier alpha value is -5.21. The van der Waals surface area contributed by atoms with Crippen LogP contribution in [0.1, 0.15) is 53.1 Å². The lowest BCUT2D eigenvalue weighted by Crippen LogP contribution is -2.46. The predicted octanol–water partition coefficient (Wildman–Crippen LogP) is 9.86. The lowest BCUT2D eigenvalue weighted by molar-refractivity contribution is -0.146. The Morgan fingerprint density at radius 2 is 0.761 bits per heavy atom. The van der Waals surface area contributed by atoms with Crippen LogP contribution in [0.15, 0.2) is 146 Å². The normalized spacial score (nSPS) is 16.4. The van der Waals surface area contributed by atoms with Gasteiger partial charge in [-0.1, -0.05) is 153 Å². The Balaban J connectivity index is 1.38. The highest BCUT2D eigenvalue weighted by Crippen LogP contribution is 2.64. The van der Waals surface area contributed by atoms with Gasteiger partial charge in [-0.25, -0.2) is 0 Å². The predicted molar refractivity (Wildman–Crippen MR) is 185 cm³/mol. The highest BCUT2D eigenvalue weighted by molar-refractivity contribution is 5.99. The van der Waals surface area contributed by atoms with Crippen LogP contribution in [0.3, 0.4) is 0 Å². The number of rotatable bonds is 5. The molecule has 0 saturated carbocycles. The Kier molecular flexibility index (Phi) is 5.69. The molecule has 0 spiro atoms. The van der Waals surface area contributed by atoms with E-state index in [9.17, 15) is 4.79 Å². The summed E-state index contributed by atoms with van der Waals surface area (Å²) < 4.78 is 5.85. The van der Waals surface area contributed by atoms with Crippen LogP contribution in [-0.4, -0.2) is 13.1 Å². The monoisotopic (exact) mass is 594 g/mol. The van der Waals surface area contributed by atoms with Gasteiger partial charge in [0.1, 0.15) is 5.41 Å². The van der Waals surface area contributed by atoms with E-state index in [0.717, 1.165) is 28.7 Å². The van der Waals surface area contributed by atoms with Crippen LogP contribution in [0.25, 0.3) is 33.4 Å². The van der Waals surface area contributed by atoms with Crippen LogP contribution < -0.4 is 0 Å². The molecule has 3 aliphatic carbocycles. The fraction of sp³-hybridized carbons (Fsp3) is 0.159. The van der Waals surface area contributed by atoms with E-state index in [1.54, 1.807) is 7.11 Å². The van der Waals surface area contributed by atoms with Crippen molar-refractivity contribution in [2.45, 2.75) is 36.0 Å². The molecule has 0 unspecified atom stereocenters. The van der Waals surface area contributed by atoms with Gasteiger partial charge in [0.05, 0.1) is 7.11 Å². The molecule has 222 valence electrons. The molecule has 0 fully saturated rings. The van der Waals surface area contributed by atoms with Gasteiger partial charge in [-0.3, -0.25) is 4.79 Å². The second-order valence-electron chi connectivity index (χ2n) is 13.4. The first-order valence-corrected chi connectivity index (χ1v) is 16.2. The van der Waals surface area contributed by atoms with Gasteiger partial charge in [0, 0.05) is 10.8 Å². The van der Waals surface area contributed by atoms with Crippen molar-refractivity contribution in [1.82, 2.24) is 0 Å². The number of hydrogen-bond acceptors (Lipinski definition) is 2. The number of ether oxygens (including phenoxy) is 1. The van der Waals surface area contributed by atoms with Gasteiger partial charge in [0.2, 0.25) is 0 Å². The maximum absolute atomic E-state index is 14.7. The molecule has 0 aromatic heterocycles. The van der Waals surface area contributed by atoms with Crippen molar-refractivity contribution >= 4 is 5.97 Å². The van der Waals surface area contributed by atoms with E-state index in [-0.39, 0.29) is 11.4 Å². The quantitative estimate of drug-likeness (QED) is 0.186. The van der Waals surface area contributed by atoms with E-state index in [1.807, 2.05) is 0 Å². The molecule has 0 heterocycles. The molecule has 3 aliphatic rings. The minimum Gasteiger partial charge on any atom is -0.468 e. The van der Waals surface area contributed by atoms with Crippen LogP contribution in [-0.2, 0) is 25.8 Å². The maximum atomic E-state index is 14.7. The second-order valence-corrected chi connectivity index (χ2v) is 13.4. The fourth-order valence-corrected chi connectivity index (χ4v) is 9.63. The SMILES string of the molecule is COC(=O)C1(CC2(CC3(C)c4ccccc4-c4ccccc43)c3ccccc3-c3ccccc32)c2ccccc2-c2ccccc21. The molecular formula is C44H34O2. The molecule has 6 aromatic carbocycles. The zero-order valence-corrected chi connectivity index (χ0v) is 26.1. The minimum absolute atomic E-state index is 0.205. The van der Waals surface area contributed by atoms with Crippen molar-refractivity contribution in [3.63, 3.8) is 0 Å². The lowest BCUT2D eigenvalue weighted by atomic mass is 9.56. The van der Waals surface area contributed by atoms with Gasteiger partial charge in [-0.15, -0.1) is 0 Å². The van der Waals surface area contributed by atoms with Gasteiger partial charge in [-0.2, -0.15) is 0 Å². The van der Waals surface area contributed by atoms with Crippen LogP contribution in [0, 0.1) is 0 Å². The molecule has 46 heavy (non-hydrogen) atoms. The van der Waals surface area contributed by atoms with Crippen molar-refractivity contribution in [3.05, 3.63) is 179 Å². The summed E-state index contributed by atoms with van der Waals surface area (Å²) in [5, 5.41) is 0. The molecule has 0 amide bonds. The average Bonchev–Trinajstić information content (AvgIpc) is 3.66. The lowest BCUT2D eigenvalue weighted by Gasteiger charge is -2.45. The molecule has 9 rings (SSSR count). The van der Waals surface area contributed by atoms with Crippen molar-refractivity contribution in [2.24, 2.45) is 0 Å². The Morgan fingerprint density at radius 1 is 0.457 bits per heavy atom. The Morgan fingerprint density at radius 3 is 1.15 bits per heavy atom. The number of fused-ring (bicyclic) bond motifs is 9. The van der Waals surface area contributed by atoms with E-state index in [4.69, 9.17) is 4.74 Å². The third kappa shape index (κ3) is 3.34. The summed E-state index contributed by atoms with van der Waals surface area (Å²) in [5.74, 6) is -0.205. The first kappa shape index (κ1) is 27.1. The highest BCUT2D eigenvalue weighted by Gasteiger charge is 2.59. The van der Waals surface area contributed by atoms with E-state index < -0.39 is 10.8 Å². The standard InChI is InChI=1S/C44H34O2/c1-42(35-21-9-3-15-29(35)30-16-4-10-22-36(30)42)27-43(37-23-11-5-17-31(37)32-18-6-12-24-38(32)43)28-44(41(45)46-2)39-25-13-7-19-33(39)34-20-8-14-26-40(34)44/h3-26H,27-28H2,1-2H3. The van der Waals surface area contributed by atoms with Gasteiger partial charge >= 0.3 is 5.97 Å². The van der Waals surface area contributed by atoms with Crippen LogP contribution in [0.4, 0.5) is 0 Å². The van der Waals surface area contributed by atoms with Crippen molar-refractivity contribution in [2.75, 3.05) is 7.11 Å². The van der Waals surface area contributed by atoms with Crippen LogP contribution in [0.2, 0.25) is 0 Å². The summed E-state index contributed by atoms with van der Waals surface area (Å²) in [5.41, 5.74) is 12.8. The number of carbonyl (C=O) groups excluding carboxylic acids is 1. The van der Waals surface area contributed by atoms with Gasteiger partial charge < -0.3 is 4.74 Å². The smallest absolute Gasteiger partial charge is 0.320 e. The fourth-order valence-electron chi connectivity index (χ4n) is 9.63. The summed E-state index contributed by atoms with van der Waals surface area (Å²) in [6, 6.07) is 52.4. The zero-order chi connectivity index (χ0) is 31.1. The van der Waals surface area contributed by atoms with Crippen molar-refractivity contribution in [3.8, 4) is 33.4 Å². The number of carbonyl (C=O) groups is 1. The topological polar surface area (TPSA) is 26.3 Å². The third-order valence-corrected chi connectivity index (χ3v) is 11.3. The third-order valence-electron chi connectivity index (χ3n) is 11.3. The van der Waals surface area contributed by atoms with Crippen molar-refractivity contribution < 1.29 is 9.53 Å². The van der Waals surface area contributed by atoms with Crippen LogP contribution in [0.5, 0.6) is 0 Å². The van der Waals surface area contributed by atoms with Gasteiger partial charge in [-0.05, 0) is 79.6 Å². The average molecular weight is 595 g/mol. The largest absolute Gasteiger partial charge is 0.468 e. The summed E-state index contributed by atoms with van der Waals surface area (Å²) in [4.78, 5) is 14.7. The molecule has 2 heteroatoms. The summed E-state index contributed by atoms with van der Waals surface area (Å²) >= 11 is 0. The maximum Gasteiger partial charge on any atom is 0.320 e. The Labute approximate surface area is 270 Å². The first-order valence-electron chi connectivity index (χ1n) is 16.2. The molecule has 0 N–H and O–H groups in total. The zero-order valence-electron chi connectivity index (χ0n) is 26.1. The molecule has 0 atom stereocenters. The van der Waals surface area contributed by atoms with E-state index in [1.165, 1.54) is 44.5 Å². The molecule has 2 nitrogen and oxygen atoms in total. The van der Waals surface area contributed by atoms with Crippen LogP contribution >= 0.6 is 0 Å².